The Morgan fingerprint density at radius 2 is 2.16 bits per heavy atom. The van der Waals surface area contributed by atoms with Crippen molar-refractivity contribution in [2.24, 2.45) is 0 Å². The first-order valence-corrected chi connectivity index (χ1v) is 5.98. The number of carboxylic acids is 1. The Balaban J connectivity index is 2.26. The molecule has 0 fully saturated rings. The fourth-order valence-corrected chi connectivity index (χ4v) is 2.18. The molecule has 2 aromatic rings. The highest BCUT2D eigenvalue weighted by Gasteiger charge is 2.08. The third-order valence-electron chi connectivity index (χ3n) is 2.26. The number of hydrogen-bond donors (Lipinski definition) is 1. The van der Waals surface area contributed by atoms with Crippen LogP contribution in [0.4, 0.5) is 4.39 Å². The molecule has 0 unspecified atom stereocenters. The molecule has 2 rings (SSSR count). The van der Waals surface area contributed by atoms with Gasteiger partial charge in [-0.05, 0) is 30.3 Å². The van der Waals surface area contributed by atoms with Gasteiger partial charge in [-0.25, -0.2) is 14.2 Å². The summed E-state index contributed by atoms with van der Waals surface area (Å²) < 4.78 is 13.0. The number of aromatic carboxylic acids is 1. The third-order valence-corrected chi connectivity index (χ3v) is 3.29. The van der Waals surface area contributed by atoms with E-state index in [0.29, 0.717) is 9.92 Å². The van der Waals surface area contributed by atoms with E-state index in [4.69, 9.17) is 10.4 Å². The van der Waals surface area contributed by atoms with E-state index < -0.39 is 11.8 Å². The summed E-state index contributed by atoms with van der Waals surface area (Å²) in [5.74, 6) is -1.53. The predicted octanol–water partition coefficient (Wildman–Crippen LogP) is 2.94. The molecule has 6 heteroatoms. The second-order valence-corrected chi connectivity index (χ2v) is 4.61. The van der Waals surface area contributed by atoms with E-state index in [9.17, 15) is 9.18 Å². The molecule has 1 N–H and O–H groups in total. The molecule has 0 atom stereocenters. The van der Waals surface area contributed by atoms with Crippen molar-refractivity contribution >= 4 is 17.7 Å². The van der Waals surface area contributed by atoms with E-state index in [1.807, 2.05) is 6.07 Å². The number of halogens is 1. The number of benzene rings is 1. The van der Waals surface area contributed by atoms with Crippen LogP contribution in [0.3, 0.4) is 0 Å². The Morgan fingerprint density at radius 1 is 1.37 bits per heavy atom. The van der Waals surface area contributed by atoms with Crippen molar-refractivity contribution < 1.29 is 14.3 Å². The number of rotatable bonds is 3. The van der Waals surface area contributed by atoms with Crippen LogP contribution in [0.1, 0.15) is 15.9 Å². The molecule has 0 saturated carbocycles. The minimum Gasteiger partial charge on any atom is -0.478 e. The minimum absolute atomic E-state index is 0.0870. The number of nitriles is 1. The number of aromatic nitrogens is 1. The summed E-state index contributed by atoms with van der Waals surface area (Å²) in [7, 11) is 0. The van der Waals surface area contributed by atoms with Gasteiger partial charge in [0.1, 0.15) is 16.9 Å². The van der Waals surface area contributed by atoms with Gasteiger partial charge in [-0.15, -0.1) is 0 Å². The molecule has 1 aromatic heterocycles. The van der Waals surface area contributed by atoms with Crippen LogP contribution in [0.5, 0.6) is 0 Å². The number of nitrogens with zero attached hydrogens (tertiary/aromatic N) is 2. The molecule has 0 saturated heterocycles. The van der Waals surface area contributed by atoms with Crippen LogP contribution in [0.2, 0.25) is 0 Å². The molecule has 0 bridgehead atoms. The Labute approximate surface area is 112 Å². The normalized spacial score (nSPS) is 9.89. The monoisotopic (exact) mass is 274 g/mol. The maximum Gasteiger partial charge on any atom is 0.337 e. The first kappa shape index (κ1) is 13.1. The van der Waals surface area contributed by atoms with Gasteiger partial charge < -0.3 is 5.11 Å². The highest BCUT2D eigenvalue weighted by molar-refractivity contribution is 7.99. The summed E-state index contributed by atoms with van der Waals surface area (Å²) in [6.07, 6.45) is 1.24. The average Bonchev–Trinajstić information content (AvgIpc) is 2.41. The molecule has 0 aliphatic rings. The minimum atomic E-state index is -1.05. The van der Waals surface area contributed by atoms with Gasteiger partial charge in [0.05, 0.1) is 11.1 Å². The van der Waals surface area contributed by atoms with Crippen LogP contribution in [0.15, 0.2) is 46.5 Å². The van der Waals surface area contributed by atoms with Gasteiger partial charge in [0.2, 0.25) is 0 Å². The molecule has 0 spiro atoms. The van der Waals surface area contributed by atoms with Gasteiger partial charge in [-0.3, -0.25) is 0 Å². The van der Waals surface area contributed by atoms with Gasteiger partial charge in [0.15, 0.2) is 0 Å². The van der Waals surface area contributed by atoms with E-state index in [0.717, 1.165) is 6.07 Å². The quantitative estimate of drug-likeness (QED) is 0.931. The van der Waals surface area contributed by atoms with Gasteiger partial charge in [-0.2, -0.15) is 5.26 Å². The molecule has 19 heavy (non-hydrogen) atoms. The van der Waals surface area contributed by atoms with Crippen molar-refractivity contribution in [1.29, 1.82) is 5.26 Å². The second kappa shape index (κ2) is 5.50. The van der Waals surface area contributed by atoms with Crippen molar-refractivity contribution in [3.8, 4) is 6.07 Å². The van der Waals surface area contributed by atoms with Gasteiger partial charge in [-0.1, -0.05) is 11.8 Å². The van der Waals surface area contributed by atoms with Crippen LogP contribution in [-0.4, -0.2) is 16.1 Å². The zero-order chi connectivity index (χ0) is 13.8. The van der Waals surface area contributed by atoms with Crippen LogP contribution in [0, 0.1) is 17.1 Å². The van der Waals surface area contributed by atoms with E-state index in [-0.39, 0.29) is 11.1 Å². The number of pyridine rings is 1. The fraction of sp³-hybridized carbons (Fsp3) is 0. The summed E-state index contributed by atoms with van der Waals surface area (Å²) in [6, 6.07) is 8.76. The second-order valence-electron chi connectivity index (χ2n) is 3.54. The van der Waals surface area contributed by atoms with Crippen molar-refractivity contribution in [1.82, 2.24) is 4.98 Å². The molecule has 94 valence electrons. The number of hydrogen-bond acceptors (Lipinski definition) is 4. The average molecular weight is 274 g/mol. The Morgan fingerprint density at radius 3 is 2.74 bits per heavy atom. The largest absolute Gasteiger partial charge is 0.478 e. The summed E-state index contributed by atoms with van der Waals surface area (Å²) in [5, 5.41) is 18.2. The lowest BCUT2D eigenvalue weighted by molar-refractivity contribution is 0.0696. The summed E-state index contributed by atoms with van der Waals surface area (Å²) >= 11 is 1.17. The van der Waals surface area contributed by atoms with Crippen molar-refractivity contribution in [3.63, 3.8) is 0 Å². The predicted molar refractivity (Wildman–Crippen MR) is 66.4 cm³/mol. The van der Waals surface area contributed by atoms with E-state index in [1.165, 1.54) is 36.2 Å². The number of carboxylic acid groups (broad SMARTS) is 1. The first-order chi connectivity index (χ1) is 9.10. The van der Waals surface area contributed by atoms with Gasteiger partial charge >= 0.3 is 5.97 Å². The lowest BCUT2D eigenvalue weighted by Gasteiger charge is -2.03. The molecular weight excluding hydrogens is 267 g/mol. The van der Waals surface area contributed by atoms with Gasteiger partial charge in [0, 0.05) is 11.1 Å². The van der Waals surface area contributed by atoms with Crippen LogP contribution < -0.4 is 0 Å². The Bertz CT molecular complexity index is 665. The lowest BCUT2D eigenvalue weighted by Crippen LogP contribution is -1.96. The van der Waals surface area contributed by atoms with Crippen molar-refractivity contribution in [3.05, 3.63) is 53.5 Å². The molecule has 1 heterocycles. The number of carbonyl (C=O) groups is 1. The standard InChI is InChI=1S/C13H7FN2O2S/c14-10-2-3-11(9(5-10)6-15)19-12-4-1-8(7-16-12)13(17)18/h1-5,7H,(H,17,18). The van der Waals surface area contributed by atoms with Gasteiger partial charge in [0.25, 0.3) is 0 Å². The van der Waals surface area contributed by atoms with E-state index >= 15 is 0 Å². The first-order valence-electron chi connectivity index (χ1n) is 5.17. The topological polar surface area (TPSA) is 74.0 Å². The SMILES string of the molecule is N#Cc1cc(F)ccc1Sc1ccc(C(=O)O)cn1. The fourth-order valence-electron chi connectivity index (χ4n) is 1.36. The van der Waals surface area contributed by atoms with E-state index in [1.54, 1.807) is 6.07 Å². The zero-order valence-corrected chi connectivity index (χ0v) is 10.3. The Kier molecular flexibility index (Phi) is 3.78. The summed E-state index contributed by atoms with van der Waals surface area (Å²) in [5.41, 5.74) is 0.304. The van der Waals surface area contributed by atoms with Crippen molar-refractivity contribution in [2.45, 2.75) is 9.92 Å². The molecule has 0 aliphatic heterocycles. The molecule has 0 radical (unpaired) electrons. The maximum atomic E-state index is 13.0. The molecule has 4 nitrogen and oxygen atoms in total. The molecule has 1 aromatic carbocycles. The van der Waals surface area contributed by atoms with Crippen LogP contribution in [-0.2, 0) is 0 Å². The highest BCUT2D eigenvalue weighted by atomic mass is 32.2. The maximum absolute atomic E-state index is 13.0. The molecule has 0 aliphatic carbocycles. The van der Waals surface area contributed by atoms with Crippen molar-refractivity contribution in [2.75, 3.05) is 0 Å². The summed E-state index contributed by atoms with van der Waals surface area (Å²) in [6.45, 7) is 0. The molecular formula is C13H7FN2O2S. The van der Waals surface area contributed by atoms with Crippen LogP contribution >= 0.6 is 11.8 Å². The third kappa shape index (κ3) is 3.09. The van der Waals surface area contributed by atoms with Crippen LogP contribution in [0.25, 0.3) is 0 Å². The highest BCUT2D eigenvalue weighted by Crippen LogP contribution is 2.29. The lowest BCUT2D eigenvalue weighted by atomic mass is 10.2. The Hall–Kier alpha value is -2.39. The summed E-state index contributed by atoms with van der Waals surface area (Å²) in [4.78, 5) is 15.2. The van der Waals surface area contributed by atoms with E-state index in [2.05, 4.69) is 4.98 Å². The molecule has 0 amide bonds. The smallest absolute Gasteiger partial charge is 0.337 e. The zero-order valence-electron chi connectivity index (χ0n) is 9.50.